The minimum atomic E-state index is 0.285. The second-order valence-corrected chi connectivity index (χ2v) is 3.09. The first-order chi connectivity index (χ1) is 6.33. The maximum atomic E-state index is 5.77. The van der Waals surface area contributed by atoms with E-state index in [2.05, 4.69) is 24.1 Å². The van der Waals surface area contributed by atoms with Crippen molar-refractivity contribution in [1.29, 1.82) is 0 Å². The molecule has 2 heteroatoms. The van der Waals surface area contributed by atoms with Crippen LogP contribution in [0.25, 0.3) is 6.08 Å². The Balaban J connectivity index is 2.41. The van der Waals surface area contributed by atoms with Gasteiger partial charge in [-0.05, 0) is 24.5 Å². The zero-order valence-electron chi connectivity index (χ0n) is 7.98. The summed E-state index contributed by atoms with van der Waals surface area (Å²) >= 11 is 0. The maximum Gasteiger partial charge on any atom is 0.0340 e. The highest BCUT2D eigenvalue weighted by molar-refractivity contribution is 5.47. The van der Waals surface area contributed by atoms with E-state index in [-0.39, 0.29) is 6.04 Å². The molecule has 0 radical (unpaired) electrons. The lowest BCUT2D eigenvalue weighted by molar-refractivity contribution is 0.660. The molecule has 0 saturated heterocycles. The number of aromatic nitrogens is 1. The average molecular weight is 176 g/mol. The Labute approximate surface area is 79.5 Å². The molecule has 70 valence electrons. The fourth-order valence-corrected chi connectivity index (χ4v) is 1.02. The summed E-state index contributed by atoms with van der Waals surface area (Å²) < 4.78 is 0. The minimum absolute atomic E-state index is 0.285. The summed E-state index contributed by atoms with van der Waals surface area (Å²) in [5.41, 5.74) is 6.90. The van der Waals surface area contributed by atoms with Crippen molar-refractivity contribution in [2.24, 2.45) is 5.73 Å². The van der Waals surface area contributed by atoms with E-state index in [4.69, 9.17) is 5.73 Å². The van der Waals surface area contributed by atoms with Gasteiger partial charge in [-0.15, -0.1) is 0 Å². The smallest absolute Gasteiger partial charge is 0.0340 e. The van der Waals surface area contributed by atoms with Crippen molar-refractivity contribution in [3.63, 3.8) is 0 Å². The molecular weight excluding hydrogens is 160 g/mol. The van der Waals surface area contributed by atoms with Crippen LogP contribution in [0.4, 0.5) is 0 Å². The Hall–Kier alpha value is -1.15. The third-order valence-electron chi connectivity index (χ3n) is 1.96. The molecule has 0 spiro atoms. The summed E-state index contributed by atoms with van der Waals surface area (Å²) in [5.74, 6) is 0. The molecule has 1 aromatic heterocycles. The van der Waals surface area contributed by atoms with Crippen molar-refractivity contribution in [3.8, 4) is 0 Å². The number of pyridine rings is 1. The number of nitrogens with two attached hydrogens (primary N) is 1. The Kier molecular flexibility index (Phi) is 4.19. The molecule has 1 atom stereocenters. The molecule has 0 bridgehead atoms. The average Bonchev–Trinajstić information content (AvgIpc) is 2.19. The van der Waals surface area contributed by atoms with Gasteiger partial charge in [-0.2, -0.15) is 0 Å². The maximum absolute atomic E-state index is 5.77. The van der Waals surface area contributed by atoms with Crippen LogP contribution in [0.5, 0.6) is 0 Å². The topological polar surface area (TPSA) is 38.9 Å². The molecule has 0 aliphatic carbocycles. The number of hydrogen-bond donors (Lipinski definition) is 1. The van der Waals surface area contributed by atoms with E-state index >= 15 is 0 Å². The summed E-state index contributed by atoms with van der Waals surface area (Å²) in [6.45, 7) is 2.10. The number of hydrogen-bond acceptors (Lipinski definition) is 2. The third-order valence-corrected chi connectivity index (χ3v) is 1.96. The highest BCUT2D eigenvalue weighted by Gasteiger charge is 1.93. The van der Waals surface area contributed by atoms with Gasteiger partial charge in [0.25, 0.3) is 0 Å². The van der Waals surface area contributed by atoms with Crippen LogP contribution in [-0.4, -0.2) is 11.0 Å². The first-order valence-electron chi connectivity index (χ1n) is 4.65. The molecule has 13 heavy (non-hydrogen) atoms. The van der Waals surface area contributed by atoms with Crippen LogP contribution in [-0.2, 0) is 0 Å². The molecule has 0 aliphatic rings. The van der Waals surface area contributed by atoms with Gasteiger partial charge in [0.05, 0.1) is 0 Å². The number of nitrogens with zero attached hydrogens (tertiary/aromatic N) is 1. The highest BCUT2D eigenvalue weighted by atomic mass is 14.6. The molecule has 0 aromatic carbocycles. The largest absolute Gasteiger partial charge is 0.327 e. The lowest BCUT2D eigenvalue weighted by Crippen LogP contribution is -2.16. The van der Waals surface area contributed by atoms with Crippen molar-refractivity contribution >= 4 is 6.08 Å². The van der Waals surface area contributed by atoms with Crippen molar-refractivity contribution in [2.45, 2.75) is 25.8 Å². The molecule has 2 nitrogen and oxygen atoms in total. The van der Waals surface area contributed by atoms with Crippen LogP contribution in [0.15, 0.2) is 30.6 Å². The van der Waals surface area contributed by atoms with Crippen LogP contribution in [0.2, 0.25) is 0 Å². The van der Waals surface area contributed by atoms with E-state index < -0.39 is 0 Å². The number of rotatable bonds is 4. The molecule has 1 aromatic rings. The van der Waals surface area contributed by atoms with Gasteiger partial charge < -0.3 is 5.73 Å². The van der Waals surface area contributed by atoms with Crippen LogP contribution in [0.1, 0.15) is 25.3 Å². The fraction of sp³-hybridized carbons (Fsp3) is 0.364. The summed E-state index contributed by atoms with van der Waals surface area (Å²) in [7, 11) is 0. The van der Waals surface area contributed by atoms with Crippen molar-refractivity contribution in [2.75, 3.05) is 0 Å². The Morgan fingerprint density at radius 2 is 2.46 bits per heavy atom. The van der Waals surface area contributed by atoms with Crippen LogP contribution in [0.3, 0.4) is 0 Å². The molecule has 1 rings (SSSR count). The van der Waals surface area contributed by atoms with Gasteiger partial charge >= 0.3 is 0 Å². The molecule has 2 N–H and O–H groups in total. The van der Waals surface area contributed by atoms with Gasteiger partial charge in [0.2, 0.25) is 0 Å². The van der Waals surface area contributed by atoms with Gasteiger partial charge in [-0.1, -0.05) is 25.1 Å². The molecule has 0 amide bonds. The zero-order valence-corrected chi connectivity index (χ0v) is 7.98. The summed E-state index contributed by atoms with van der Waals surface area (Å²) in [5, 5.41) is 0. The zero-order chi connectivity index (χ0) is 9.52. The van der Waals surface area contributed by atoms with Crippen molar-refractivity contribution < 1.29 is 0 Å². The monoisotopic (exact) mass is 176 g/mol. The molecule has 0 saturated carbocycles. The van der Waals surface area contributed by atoms with Gasteiger partial charge in [-0.25, -0.2) is 0 Å². The molecule has 1 heterocycles. The third kappa shape index (κ3) is 3.85. The first-order valence-corrected chi connectivity index (χ1v) is 4.65. The Morgan fingerprint density at radius 3 is 3.08 bits per heavy atom. The van der Waals surface area contributed by atoms with Gasteiger partial charge in [0.1, 0.15) is 0 Å². The van der Waals surface area contributed by atoms with Gasteiger partial charge in [0.15, 0.2) is 0 Å². The van der Waals surface area contributed by atoms with Crippen molar-refractivity contribution in [3.05, 3.63) is 36.2 Å². The standard InChI is InChI=1S/C11H16N2/c1-2-11(12)7-3-5-10-6-4-8-13-9-10/h3-6,8-9,11H,2,7,12H2,1H3/b5-3+/t11-/m1/s1. The molecular formula is C11H16N2. The van der Waals surface area contributed by atoms with Crippen LogP contribution >= 0.6 is 0 Å². The normalized spacial score (nSPS) is 13.4. The first kappa shape index (κ1) is 9.93. The molecule has 0 aliphatic heterocycles. The predicted molar refractivity (Wildman–Crippen MR) is 56.2 cm³/mol. The van der Waals surface area contributed by atoms with E-state index in [0.29, 0.717) is 0 Å². The van der Waals surface area contributed by atoms with Crippen LogP contribution in [0, 0.1) is 0 Å². The van der Waals surface area contributed by atoms with E-state index in [1.54, 1.807) is 6.20 Å². The summed E-state index contributed by atoms with van der Waals surface area (Å²) in [6, 6.07) is 4.24. The van der Waals surface area contributed by atoms with Gasteiger partial charge in [0, 0.05) is 18.4 Å². The van der Waals surface area contributed by atoms with E-state index in [1.807, 2.05) is 18.3 Å². The highest BCUT2D eigenvalue weighted by Crippen LogP contribution is 2.01. The van der Waals surface area contributed by atoms with E-state index in [9.17, 15) is 0 Å². The fourth-order valence-electron chi connectivity index (χ4n) is 1.02. The minimum Gasteiger partial charge on any atom is -0.327 e. The summed E-state index contributed by atoms with van der Waals surface area (Å²) in [6.07, 6.45) is 9.74. The lowest BCUT2D eigenvalue weighted by atomic mass is 10.1. The molecule has 0 unspecified atom stereocenters. The van der Waals surface area contributed by atoms with E-state index in [0.717, 1.165) is 18.4 Å². The SMILES string of the molecule is CC[C@@H](N)C/C=C/c1cccnc1. The van der Waals surface area contributed by atoms with Crippen LogP contribution < -0.4 is 5.73 Å². The Bertz CT molecular complexity index is 254. The van der Waals surface area contributed by atoms with E-state index in [1.165, 1.54) is 0 Å². The Morgan fingerprint density at radius 1 is 1.62 bits per heavy atom. The quantitative estimate of drug-likeness (QED) is 0.764. The van der Waals surface area contributed by atoms with Crippen molar-refractivity contribution in [1.82, 2.24) is 4.98 Å². The lowest BCUT2D eigenvalue weighted by Gasteiger charge is -2.02. The van der Waals surface area contributed by atoms with Gasteiger partial charge in [-0.3, -0.25) is 4.98 Å². The second kappa shape index (κ2) is 5.49. The second-order valence-electron chi connectivity index (χ2n) is 3.09. The molecule has 0 fully saturated rings. The summed E-state index contributed by atoms with van der Waals surface area (Å²) in [4.78, 5) is 4.02. The predicted octanol–water partition coefficient (Wildman–Crippen LogP) is 2.22.